The zero-order valence-corrected chi connectivity index (χ0v) is 10.1. The number of hydrogen-bond acceptors (Lipinski definition) is 0. The van der Waals surface area contributed by atoms with Gasteiger partial charge in [-0.15, -0.1) is 0 Å². The van der Waals surface area contributed by atoms with Gasteiger partial charge in [-0.1, -0.05) is 75.3 Å². The summed E-state index contributed by atoms with van der Waals surface area (Å²) in [5, 5.41) is 0. The average molecular weight is 211 g/mol. The maximum absolute atomic E-state index is 7.47. The van der Waals surface area contributed by atoms with Gasteiger partial charge in [0.25, 0.3) is 0 Å². The van der Waals surface area contributed by atoms with Crippen LogP contribution in [0.3, 0.4) is 0 Å². The topological polar surface area (TPSA) is 0 Å². The predicted molar refractivity (Wildman–Crippen MR) is 70.6 cm³/mol. The highest BCUT2D eigenvalue weighted by Gasteiger charge is 2.12. The van der Waals surface area contributed by atoms with Crippen LogP contribution in [0, 0.1) is 0 Å². The van der Waals surface area contributed by atoms with Crippen LogP contribution in [-0.4, -0.2) is 0 Å². The van der Waals surface area contributed by atoms with E-state index in [9.17, 15) is 0 Å². The third kappa shape index (κ3) is 2.33. The second kappa shape index (κ2) is 4.13. The van der Waals surface area contributed by atoms with E-state index in [0.717, 1.165) is 0 Å². The molecule has 0 radical (unpaired) electrons. The largest absolute Gasteiger partial charge is 0.0623 e. The van der Waals surface area contributed by atoms with Gasteiger partial charge in [0.15, 0.2) is 0 Å². The van der Waals surface area contributed by atoms with E-state index in [1.54, 1.807) is 0 Å². The molecule has 0 heteroatoms. The van der Waals surface area contributed by atoms with E-state index in [1.807, 2.05) is 24.3 Å². The summed E-state index contributed by atoms with van der Waals surface area (Å²) in [7, 11) is 0. The van der Waals surface area contributed by atoms with Gasteiger partial charge in [-0.25, -0.2) is 0 Å². The van der Waals surface area contributed by atoms with Crippen LogP contribution in [-0.2, 0) is 5.41 Å². The quantitative estimate of drug-likeness (QED) is 0.644. The molecule has 2 rings (SSSR count). The highest BCUT2D eigenvalue weighted by molar-refractivity contribution is 5.63. The molecule has 0 saturated carbocycles. The molecule has 16 heavy (non-hydrogen) atoms. The van der Waals surface area contributed by atoms with Crippen LogP contribution < -0.4 is 0 Å². The van der Waals surface area contributed by atoms with E-state index >= 15 is 0 Å². The molecule has 0 N–H and O–H groups in total. The molecule has 0 fully saturated rings. The third-order valence-electron chi connectivity index (χ3n) is 2.80. The Bertz CT molecular complexity index is 487. The minimum Gasteiger partial charge on any atom is -0.0622 e. The van der Waals surface area contributed by atoms with Crippen molar-refractivity contribution in [1.82, 2.24) is 0 Å². The molecule has 0 heterocycles. The van der Waals surface area contributed by atoms with E-state index < -0.39 is 0 Å². The van der Waals surface area contributed by atoms with Crippen molar-refractivity contribution in [3.63, 3.8) is 0 Å². The van der Waals surface area contributed by atoms with Crippen LogP contribution in [0.5, 0.6) is 0 Å². The Labute approximate surface area is 99.4 Å². The number of rotatable bonds is 1. The van der Waals surface area contributed by atoms with Crippen molar-refractivity contribution in [3.8, 4) is 11.1 Å². The first-order valence-corrected chi connectivity index (χ1v) is 5.64. The molecule has 0 aromatic heterocycles. The zero-order chi connectivity index (χ0) is 12.5. The standard InChI is InChI=1S/C16H18/c1-16(2,3)15-11-9-14(10-12-15)13-7-5-4-6-8-13/h4-12H,1-3H3/i4D. The maximum atomic E-state index is 7.47. The van der Waals surface area contributed by atoms with Gasteiger partial charge in [-0.3, -0.25) is 0 Å². The molecule has 0 amide bonds. The molecule has 0 aliphatic heterocycles. The second-order valence-corrected chi connectivity index (χ2v) is 5.12. The van der Waals surface area contributed by atoms with Gasteiger partial charge in [0, 0.05) is 0 Å². The van der Waals surface area contributed by atoms with Crippen molar-refractivity contribution in [2.45, 2.75) is 26.2 Å². The fraction of sp³-hybridized carbons (Fsp3) is 0.250. The van der Waals surface area contributed by atoms with Crippen molar-refractivity contribution in [3.05, 3.63) is 60.1 Å². The summed E-state index contributed by atoms with van der Waals surface area (Å²) in [6.07, 6.45) is 0. The van der Waals surface area contributed by atoms with Gasteiger partial charge in [-0.05, 0) is 22.1 Å². The Balaban J connectivity index is 2.33. The summed E-state index contributed by atoms with van der Waals surface area (Å²) < 4.78 is 7.47. The van der Waals surface area contributed by atoms with Gasteiger partial charge in [0.05, 0.1) is 1.37 Å². The van der Waals surface area contributed by atoms with E-state index in [0.29, 0.717) is 6.04 Å². The molecule has 2 aromatic carbocycles. The van der Waals surface area contributed by atoms with Crippen molar-refractivity contribution in [2.24, 2.45) is 0 Å². The lowest BCUT2D eigenvalue weighted by molar-refractivity contribution is 0.590. The fourth-order valence-corrected chi connectivity index (χ4v) is 1.74. The molecule has 0 aliphatic carbocycles. The van der Waals surface area contributed by atoms with E-state index in [4.69, 9.17) is 1.37 Å². The maximum Gasteiger partial charge on any atom is 0.0623 e. The smallest absolute Gasteiger partial charge is 0.0622 e. The van der Waals surface area contributed by atoms with Crippen LogP contribution >= 0.6 is 0 Å². The number of hydrogen-bond donors (Lipinski definition) is 0. The second-order valence-electron chi connectivity index (χ2n) is 5.12. The minimum atomic E-state index is 0.198. The Hall–Kier alpha value is -1.56. The molecule has 2 aromatic rings. The average Bonchev–Trinajstić information content (AvgIpc) is 2.29. The molecule has 0 atom stereocenters. The van der Waals surface area contributed by atoms with Gasteiger partial charge in [0.2, 0.25) is 0 Å². The first kappa shape index (κ1) is 9.65. The SMILES string of the molecule is [2H]c1ccc(-c2ccc(C(C)(C)C)cc2)cc1. The van der Waals surface area contributed by atoms with Gasteiger partial charge in [-0.2, -0.15) is 0 Å². The monoisotopic (exact) mass is 211 g/mol. The zero-order valence-electron chi connectivity index (χ0n) is 11.1. The van der Waals surface area contributed by atoms with Crippen LogP contribution in [0.15, 0.2) is 54.6 Å². The first-order valence-electron chi connectivity index (χ1n) is 6.14. The minimum absolute atomic E-state index is 0.198. The Morgan fingerprint density at radius 3 is 1.81 bits per heavy atom. The Morgan fingerprint density at radius 1 is 0.812 bits per heavy atom. The summed E-state index contributed by atoms with van der Waals surface area (Å²) in [4.78, 5) is 0. The van der Waals surface area contributed by atoms with E-state index in [1.165, 1.54) is 16.7 Å². The van der Waals surface area contributed by atoms with Crippen LogP contribution in [0.25, 0.3) is 11.1 Å². The number of benzene rings is 2. The van der Waals surface area contributed by atoms with Crippen LogP contribution in [0.4, 0.5) is 0 Å². The van der Waals surface area contributed by atoms with Crippen molar-refractivity contribution in [1.29, 1.82) is 0 Å². The summed E-state index contributed by atoms with van der Waals surface area (Å²) in [5.74, 6) is 0. The first-order chi connectivity index (χ1) is 7.97. The normalized spacial score (nSPS) is 12.3. The van der Waals surface area contributed by atoms with E-state index in [-0.39, 0.29) is 5.41 Å². The predicted octanol–water partition coefficient (Wildman–Crippen LogP) is 4.65. The third-order valence-corrected chi connectivity index (χ3v) is 2.80. The molecular weight excluding hydrogens is 192 g/mol. The molecule has 0 spiro atoms. The van der Waals surface area contributed by atoms with Crippen molar-refractivity contribution in [2.75, 3.05) is 0 Å². The highest BCUT2D eigenvalue weighted by Crippen LogP contribution is 2.25. The van der Waals surface area contributed by atoms with Crippen LogP contribution in [0.1, 0.15) is 27.7 Å². The van der Waals surface area contributed by atoms with Gasteiger partial charge >= 0.3 is 0 Å². The van der Waals surface area contributed by atoms with Crippen molar-refractivity contribution < 1.29 is 1.37 Å². The molecule has 0 unspecified atom stereocenters. The summed E-state index contributed by atoms with van der Waals surface area (Å²) in [6.45, 7) is 6.66. The van der Waals surface area contributed by atoms with Gasteiger partial charge < -0.3 is 0 Å². The lowest BCUT2D eigenvalue weighted by Gasteiger charge is -2.19. The Kier molecular flexibility index (Phi) is 2.49. The summed E-state index contributed by atoms with van der Waals surface area (Å²) in [5.41, 5.74) is 3.92. The lowest BCUT2D eigenvalue weighted by Crippen LogP contribution is -2.10. The summed E-state index contributed by atoms with van der Waals surface area (Å²) in [6, 6.07) is 16.9. The summed E-state index contributed by atoms with van der Waals surface area (Å²) >= 11 is 0. The van der Waals surface area contributed by atoms with E-state index in [2.05, 4.69) is 45.0 Å². The highest BCUT2D eigenvalue weighted by atomic mass is 14.2. The molecule has 82 valence electrons. The lowest BCUT2D eigenvalue weighted by atomic mass is 9.86. The molecule has 0 saturated heterocycles. The van der Waals surface area contributed by atoms with Crippen LogP contribution in [0.2, 0.25) is 0 Å². The Morgan fingerprint density at radius 2 is 1.31 bits per heavy atom. The van der Waals surface area contributed by atoms with Crippen molar-refractivity contribution >= 4 is 0 Å². The molecule has 0 aliphatic rings. The van der Waals surface area contributed by atoms with Gasteiger partial charge in [0.1, 0.15) is 0 Å². The molecule has 0 nitrogen and oxygen atoms in total. The molecule has 0 bridgehead atoms. The fourth-order valence-electron chi connectivity index (χ4n) is 1.74. The molecular formula is C16H18.